The molecule has 7 heteroatoms. The Morgan fingerprint density at radius 3 is 2.88 bits per heavy atom. The van der Waals surface area contributed by atoms with Crippen molar-refractivity contribution in [2.75, 3.05) is 13.2 Å². The molecule has 7 nitrogen and oxygen atoms in total. The number of rotatable bonds is 4. The first-order chi connectivity index (χ1) is 12.7. The Bertz CT molecular complexity index is 823. The topological polar surface area (TPSA) is 89.8 Å². The van der Waals surface area contributed by atoms with Gasteiger partial charge >= 0.3 is 0 Å². The quantitative estimate of drug-likeness (QED) is 0.816. The summed E-state index contributed by atoms with van der Waals surface area (Å²) in [6.07, 6.45) is 5.37. The summed E-state index contributed by atoms with van der Waals surface area (Å²) in [6, 6.07) is 5.58. The summed E-state index contributed by atoms with van der Waals surface area (Å²) >= 11 is 0. The standard InChI is InChI=1S/C19H22N2O5/c22-18(20-21-19(23)17-6-3-9-24-17)11-25-12-7-8-16-14(10-12)13-4-1-2-5-15(13)26-16/h7-8,10,17H,1-6,9,11H2,(H,20,22)(H,21,23). The van der Waals surface area contributed by atoms with E-state index in [4.69, 9.17) is 13.9 Å². The lowest BCUT2D eigenvalue weighted by Gasteiger charge is -2.12. The Kier molecular flexibility index (Phi) is 4.79. The number of amides is 2. The first-order valence-electron chi connectivity index (χ1n) is 9.08. The molecule has 1 aliphatic heterocycles. The van der Waals surface area contributed by atoms with Gasteiger partial charge < -0.3 is 13.9 Å². The lowest BCUT2D eigenvalue weighted by molar-refractivity contribution is -0.135. The highest BCUT2D eigenvalue weighted by Gasteiger charge is 2.23. The highest BCUT2D eigenvalue weighted by molar-refractivity contribution is 5.86. The van der Waals surface area contributed by atoms with Gasteiger partial charge in [-0.15, -0.1) is 0 Å². The minimum absolute atomic E-state index is 0.183. The van der Waals surface area contributed by atoms with E-state index in [9.17, 15) is 9.59 Å². The fraction of sp³-hybridized carbons (Fsp3) is 0.474. The first kappa shape index (κ1) is 16.9. The summed E-state index contributed by atoms with van der Waals surface area (Å²) in [5.74, 6) is 0.915. The van der Waals surface area contributed by atoms with Crippen molar-refractivity contribution in [1.82, 2.24) is 10.9 Å². The number of hydrazine groups is 1. The van der Waals surface area contributed by atoms with Crippen molar-refractivity contribution in [3.63, 3.8) is 0 Å². The fourth-order valence-electron chi connectivity index (χ4n) is 3.51. The van der Waals surface area contributed by atoms with Crippen molar-refractivity contribution in [2.24, 2.45) is 0 Å². The first-order valence-corrected chi connectivity index (χ1v) is 9.08. The Morgan fingerprint density at radius 1 is 1.15 bits per heavy atom. The molecule has 1 aromatic carbocycles. The molecule has 2 heterocycles. The van der Waals surface area contributed by atoms with Crippen molar-refractivity contribution in [3.05, 3.63) is 29.5 Å². The molecular weight excluding hydrogens is 336 g/mol. The Morgan fingerprint density at radius 2 is 2.04 bits per heavy atom. The van der Waals surface area contributed by atoms with Gasteiger partial charge in [-0.3, -0.25) is 20.4 Å². The van der Waals surface area contributed by atoms with E-state index < -0.39 is 12.0 Å². The zero-order chi connectivity index (χ0) is 17.9. The van der Waals surface area contributed by atoms with Crippen LogP contribution in [0.1, 0.15) is 37.0 Å². The molecule has 2 N–H and O–H groups in total. The van der Waals surface area contributed by atoms with Crippen LogP contribution in [-0.2, 0) is 27.2 Å². The molecule has 2 aliphatic rings. The van der Waals surface area contributed by atoms with Crippen molar-refractivity contribution in [1.29, 1.82) is 0 Å². The number of ether oxygens (including phenoxy) is 2. The number of furan rings is 1. The lowest BCUT2D eigenvalue weighted by Crippen LogP contribution is -2.47. The van der Waals surface area contributed by atoms with Crippen LogP contribution in [0, 0.1) is 0 Å². The molecule has 0 saturated carbocycles. The smallest absolute Gasteiger partial charge is 0.276 e. The molecule has 1 unspecified atom stereocenters. The van der Waals surface area contributed by atoms with Crippen LogP contribution in [0.5, 0.6) is 5.75 Å². The summed E-state index contributed by atoms with van der Waals surface area (Å²) in [4.78, 5) is 23.6. The monoisotopic (exact) mass is 358 g/mol. The van der Waals surface area contributed by atoms with Crippen molar-refractivity contribution >= 4 is 22.8 Å². The van der Waals surface area contributed by atoms with Crippen LogP contribution in [0.15, 0.2) is 22.6 Å². The predicted molar refractivity (Wildman–Crippen MR) is 93.6 cm³/mol. The van der Waals surface area contributed by atoms with Crippen LogP contribution in [0.25, 0.3) is 11.0 Å². The van der Waals surface area contributed by atoms with Crippen LogP contribution in [0.3, 0.4) is 0 Å². The van der Waals surface area contributed by atoms with Gasteiger partial charge in [-0.05, 0) is 50.3 Å². The van der Waals surface area contributed by atoms with E-state index in [0.29, 0.717) is 18.8 Å². The van der Waals surface area contributed by atoms with Gasteiger partial charge in [0.2, 0.25) is 0 Å². The number of hydrogen-bond donors (Lipinski definition) is 2. The molecule has 1 aliphatic carbocycles. The molecule has 1 fully saturated rings. The Balaban J connectivity index is 1.32. The van der Waals surface area contributed by atoms with Gasteiger partial charge in [0.25, 0.3) is 11.8 Å². The highest BCUT2D eigenvalue weighted by atomic mass is 16.5. The molecule has 0 bridgehead atoms. The number of fused-ring (bicyclic) bond motifs is 3. The molecule has 0 radical (unpaired) electrons. The maximum Gasteiger partial charge on any atom is 0.276 e. The predicted octanol–water partition coefficient (Wildman–Crippen LogP) is 2.02. The Labute approximate surface area is 151 Å². The average Bonchev–Trinajstić information content (AvgIpc) is 3.32. The highest BCUT2D eigenvalue weighted by Crippen LogP contribution is 2.33. The second-order valence-corrected chi connectivity index (χ2v) is 6.70. The number of nitrogens with one attached hydrogen (secondary N) is 2. The minimum Gasteiger partial charge on any atom is -0.484 e. The van der Waals surface area contributed by atoms with Gasteiger partial charge in [0.05, 0.1) is 0 Å². The van der Waals surface area contributed by atoms with Crippen LogP contribution >= 0.6 is 0 Å². The molecular formula is C19H22N2O5. The summed E-state index contributed by atoms with van der Waals surface area (Å²) in [6.45, 7) is 0.396. The summed E-state index contributed by atoms with van der Waals surface area (Å²) in [5.41, 5.74) is 6.83. The number of benzene rings is 1. The molecule has 4 rings (SSSR count). The van der Waals surface area contributed by atoms with Crippen LogP contribution in [0.2, 0.25) is 0 Å². The Hall–Kier alpha value is -2.54. The zero-order valence-corrected chi connectivity index (χ0v) is 14.5. The van der Waals surface area contributed by atoms with E-state index in [1.807, 2.05) is 12.1 Å². The molecule has 1 aromatic heterocycles. The van der Waals surface area contributed by atoms with E-state index in [2.05, 4.69) is 10.9 Å². The largest absolute Gasteiger partial charge is 0.484 e. The molecule has 2 amide bonds. The second kappa shape index (κ2) is 7.37. The van der Waals surface area contributed by atoms with Crippen molar-refractivity contribution < 1.29 is 23.5 Å². The van der Waals surface area contributed by atoms with Gasteiger partial charge in [0.15, 0.2) is 6.61 Å². The normalized spacial score (nSPS) is 19.2. The van der Waals surface area contributed by atoms with Crippen LogP contribution in [0.4, 0.5) is 0 Å². The third kappa shape index (κ3) is 3.53. The molecule has 1 saturated heterocycles. The van der Waals surface area contributed by atoms with Crippen molar-refractivity contribution in [2.45, 2.75) is 44.6 Å². The lowest BCUT2D eigenvalue weighted by atomic mass is 9.96. The maximum absolute atomic E-state index is 11.9. The minimum atomic E-state index is -0.481. The fourth-order valence-corrected chi connectivity index (χ4v) is 3.51. The summed E-state index contributed by atoms with van der Waals surface area (Å²) in [7, 11) is 0. The van der Waals surface area contributed by atoms with E-state index in [1.54, 1.807) is 6.07 Å². The van der Waals surface area contributed by atoms with E-state index in [-0.39, 0.29) is 12.5 Å². The van der Waals surface area contributed by atoms with Crippen LogP contribution in [-0.4, -0.2) is 31.1 Å². The molecule has 138 valence electrons. The summed E-state index contributed by atoms with van der Waals surface area (Å²) < 4.78 is 16.7. The van der Waals surface area contributed by atoms with Gasteiger partial charge in [-0.25, -0.2) is 0 Å². The second-order valence-electron chi connectivity index (χ2n) is 6.70. The van der Waals surface area contributed by atoms with Gasteiger partial charge in [0.1, 0.15) is 23.2 Å². The molecule has 1 atom stereocenters. The third-order valence-corrected chi connectivity index (χ3v) is 4.84. The number of carbonyl (C=O) groups excluding carboxylic acids is 2. The maximum atomic E-state index is 11.9. The van der Waals surface area contributed by atoms with Gasteiger partial charge in [0, 0.05) is 24.0 Å². The number of hydrogen-bond acceptors (Lipinski definition) is 5. The zero-order valence-electron chi connectivity index (χ0n) is 14.5. The van der Waals surface area contributed by atoms with E-state index >= 15 is 0 Å². The number of aryl methyl sites for hydroxylation is 2. The average molecular weight is 358 g/mol. The van der Waals surface area contributed by atoms with Crippen LogP contribution < -0.4 is 15.6 Å². The third-order valence-electron chi connectivity index (χ3n) is 4.84. The number of carbonyl (C=O) groups is 2. The molecule has 2 aromatic rings. The molecule has 26 heavy (non-hydrogen) atoms. The van der Waals surface area contributed by atoms with E-state index in [1.165, 1.54) is 12.0 Å². The van der Waals surface area contributed by atoms with Gasteiger partial charge in [-0.1, -0.05) is 0 Å². The SMILES string of the molecule is O=C(COc1ccc2oc3c(c2c1)CCCC3)NNC(=O)C1CCCO1. The molecule has 0 spiro atoms. The van der Waals surface area contributed by atoms with E-state index in [0.717, 1.165) is 42.4 Å². The van der Waals surface area contributed by atoms with Crippen molar-refractivity contribution in [3.8, 4) is 5.75 Å². The summed E-state index contributed by atoms with van der Waals surface area (Å²) in [5, 5.41) is 1.06. The van der Waals surface area contributed by atoms with Gasteiger partial charge in [-0.2, -0.15) is 0 Å².